The highest BCUT2D eigenvalue weighted by atomic mass is 19.4. The molecule has 3 rings (SSSR count). The lowest BCUT2D eigenvalue weighted by Gasteiger charge is -2.36. The molecule has 0 N–H and O–H groups in total. The second kappa shape index (κ2) is 6.70. The van der Waals surface area contributed by atoms with Crippen molar-refractivity contribution in [1.29, 1.82) is 0 Å². The molecule has 1 saturated carbocycles. The molecular formula is C18H24F3N3O2. The Bertz CT molecular complexity index is 655. The summed E-state index contributed by atoms with van der Waals surface area (Å²) in [7, 11) is 0. The Morgan fingerprint density at radius 1 is 1.19 bits per heavy atom. The summed E-state index contributed by atoms with van der Waals surface area (Å²) in [6.07, 6.45) is 0.306. The lowest BCUT2D eigenvalue weighted by molar-refractivity contribution is -0.141. The number of hydrogen-bond acceptors (Lipinski definition) is 4. The van der Waals surface area contributed by atoms with Crippen LogP contribution in [0.15, 0.2) is 12.4 Å². The normalized spacial score (nSPS) is 25.6. The van der Waals surface area contributed by atoms with E-state index in [0.29, 0.717) is 36.9 Å². The molecule has 0 radical (unpaired) electrons. The van der Waals surface area contributed by atoms with Crippen molar-refractivity contribution in [3.05, 3.63) is 23.8 Å². The molecule has 0 aromatic carbocycles. The molecule has 2 fully saturated rings. The SMILES string of the molecule is CC(C)(C)OC(=O)N1C[C@@H]2C[C@@H]2C[C@H]1CCc1cnc(C(F)(F)F)cn1. The van der Waals surface area contributed by atoms with Gasteiger partial charge in [-0.25, -0.2) is 9.78 Å². The van der Waals surface area contributed by atoms with Gasteiger partial charge in [-0.3, -0.25) is 4.98 Å². The first kappa shape index (κ1) is 18.9. The number of ether oxygens (including phenoxy) is 1. The van der Waals surface area contributed by atoms with Crippen LogP contribution in [0.25, 0.3) is 0 Å². The van der Waals surface area contributed by atoms with E-state index in [1.165, 1.54) is 6.20 Å². The summed E-state index contributed by atoms with van der Waals surface area (Å²) in [6.45, 7) is 6.20. The second-order valence-electron chi connectivity index (χ2n) is 8.21. The first-order chi connectivity index (χ1) is 12.0. The Morgan fingerprint density at radius 2 is 1.92 bits per heavy atom. The number of aryl methyl sites for hydroxylation is 1. The molecule has 144 valence electrons. The van der Waals surface area contributed by atoms with Gasteiger partial charge in [0.25, 0.3) is 0 Å². The maximum atomic E-state index is 12.6. The van der Waals surface area contributed by atoms with Crippen LogP contribution >= 0.6 is 0 Å². The minimum absolute atomic E-state index is 0.0256. The quantitative estimate of drug-likeness (QED) is 0.804. The molecule has 8 heteroatoms. The third-order valence-electron chi connectivity index (χ3n) is 4.87. The van der Waals surface area contributed by atoms with Crippen LogP contribution in [-0.4, -0.2) is 39.1 Å². The van der Waals surface area contributed by atoms with Crippen molar-refractivity contribution < 1.29 is 22.7 Å². The highest BCUT2D eigenvalue weighted by molar-refractivity contribution is 5.69. The zero-order valence-corrected chi connectivity index (χ0v) is 15.2. The molecule has 2 aliphatic rings. The lowest BCUT2D eigenvalue weighted by atomic mass is 9.97. The molecule has 1 amide bonds. The van der Waals surface area contributed by atoms with E-state index >= 15 is 0 Å². The molecular weight excluding hydrogens is 347 g/mol. The predicted octanol–water partition coefficient (Wildman–Crippen LogP) is 4.07. The minimum Gasteiger partial charge on any atom is -0.444 e. The monoisotopic (exact) mass is 371 g/mol. The molecule has 26 heavy (non-hydrogen) atoms. The maximum Gasteiger partial charge on any atom is 0.434 e. The van der Waals surface area contributed by atoms with Gasteiger partial charge >= 0.3 is 12.3 Å². The number of halogens is 3. The standard InChI is InChI=1S/C18H24F3N3O2/c1-17(2,3)26-16(25)24-10-12-6-11(12)7-14(24)5-4-13-8-23-15(9-22-13)18(19,20)21/h8-9,11-12,14H,4-7,10H2,1-3H3/t11-,12+,14-/m1/s1. The molecule has 5 nitrogen and oxygen atoms in total. The molecule has 1 aromatic rings. The van der Waals surface area contributed by atoms with Crippen LogP contribution in [0, 0.1) is 11.8 Å². The zero-order valence-electron chi connectivity index (χ0n) is 15.2. The van der Waals surface area contributed by atoms with Gasteiger partial charge in [0.2, 0.25) is 0 Å². The fraction of sp³-hybridized carbons (Fsp3) is 0.722. The van der Waals surface area contributed by atoms with Crippen molar-refractivity contribution in [2.24, 2.45) is 11.8 Å². The van der Waals surface area contributed by atoms with Gasteiger partial charge in [-0.05, 0) is 58.3 Å². The van der Waals surface area contributed by atoms with Crippen molar-refractivity contribution in [2.75, 3.05) is 6.54 Å². The van der Waals surface area contributed by atoms with Crippen LogP contribution in [0.1, 0.15) is 51.4 Å². The number of fused-ring (bicyclic) bond motifs is 1. The highest BCUT2D eigenvalue weighted by Gasteiger charge is 2.47. The molecule has 1 aromatic heterocycles. The summed E-state index contributed by atoms with van der Waals surface area (Å²) < 4.78 is 43.2. The summed E-state index contributed by atoms with van der Waals surface area (Å²) >= 11 is 0. The van der Waals surface area contributed by atoms with Crippen molar-refractivity contribution in [1.82, 2.24) is 14.9 Å². The average Bonchev–Trinajstić information content (AvgIpc) is 3.28. The molecule has 1 aliphatic heterocycles. The molecule has 0 spiro atoms. The van der Waals surface area contributed by atoms with Gasteiger partial charge < -0.3 is 9.64 Å². The van der Waals surface area contributed by atoms with Crippen LogP contribution in [0.3, 0.4) is 0 Å². The number of rotatable bonds is 3. The van der Waals surface area contributed by atoms with Crippen molar-refractivity contribution in [2.45, 2.75) is 64.3 Å². The lowest BCUT2D eigenvalue weighted by Crippen LogP contribution is -2.47. The van der Waals surface area contributed by atoms with E-state index in [0.717, 1.165) is 19.0 Å². The van der Waals surface area contributed by atoms with E-state index in [-0.39, 0.29) is 12.1 Å². The van der Waals surface area contributed by atoms with Gasteiger partial charge in [0, 0.05) is 18.8 Å². The number of aromatic nitrogens is 2. The van der Waals surface area contributed by atoms with E-state index in [4.69, 9.17) is 4.74 Å². The highest BCUT2D eigenvalue weighted by Crippen LogP contribution is 2.48. The fourth-order valence-corrected chi connectivity index (χ4v) is 3.46. The van der Waals surface area contributed by atoms with Gasteiger partial charge in [0.15, 0.2) is 5.69 Å². The molecule has 0 unspecified atom stereocenters. The summed E-state index contributed by atoms with van der Waals surface area (Å²) in [5.74, 6) is 1.21. The molecule has 3 atom stereocenters. The van der Waals surface area contributed by atoms with Crippen molar-refractivity contribution >= 4 is 6.09 Å². The zero-order chi connectivity index (χ0) is 19.1. The first-order valence-corrected chi connectivity index (χ1v) is 8.90. The Hall–Kier alpha value is -1.86. The average molecular weight is 371 g/mol. The van der Waals surface area contributed by atoms with E-state index in [9.17, 15) is 18.0 Å². The molecule has 0 bridgehead atoms. The minimum atomic E-state index is -4.48. The van der Waals surface area contributed by atoms with E-state index < -0.39 is 17.5 Å². The third-order valence-corrected chi connectivity index (χ3v) is 4.87. The largest absolute Gasteiger partial charge is 0.444 e. The van der Waals surface area contributed by atoms with Gasteiger partial charge in [0.05, 0.1) is 11.9 Å². The predicted molar refractivity (Wildman–Crippen MR) is 88.3 cm³/mol. The van der Waals surface area contributed by atoms with Gasteiger partial charge in [-0.2, -0.15) is 13.2 Å². The smallest absolute Gasteiger partial charge is 0.434 e. The fourth-order valence-electron chi connectivity index (χ4n) is 3.46. The number of piperidine rings is 1. The number of alkyl halides is 3. The van der Waals surface area contributed by atoms with Crippen molar-refractivity contribution in [3.63, 3.8) is 0 Å². The van der Waals surface area contributed by atoms with Crippen LogP contribution in [0.4, 0.5) is 18.0 Å². The number of carbonyl (C=O) groups excluding carboxylic acids is 1. The molecule has 2 heterocycles. The Balaban J connectivity index is 1.62. The Morgan fingerprint density at radius 3 is 2.50 bits per heavy atom. The molecule has 1 saturated heterocycles. The number of hydrogen-bond donors (Lipinski definition) is 0. The van der Waals surface area contributed by atoms with Gasteiger partial charge in [0.1, 0.15) is 5.60 Å². The topological polar surface area (TPSA) is 55.3 Å². The number of likely N-dealkylation sites (tertiary alicyclic amines) is 1. The van der Waals surface area contributed by atoms with E-state index in [1.54, 1.807) is 4.90 Å². The van der Waals surface area contributed by atoms with Gasteiger partial charge in [-0.15, -0.1) is 0 Å². The Labute approximate surface area is 150 Å². The Kier molecular flexibility index (Phi) is 4.88. The summed E-state index contributed by atoms with van der Waals surface area (Å²) in [5.41, 5.74) is -1.05. The second-order valence-corrected chi connectivity index (χ2v) is 8.21. The van der Waals surface area contributed by atoms with Gasteiger partial charge in [-0.1, -0.05) is 0 Å². The summed E-state index contributed by atoms with van der Waals surface area (Å²) in [5, 5.41) is 0. The number of nitrogens with zero attached hydrogens (tertiary/aromatic N) is 3. The van der Waals surface area contributed by atoms with Crippen LogP contribution in [-0.2, 0) is 17.3 Å². The van der Waals surface area contributed by atoms with Crippen LogP contribution in [0.5, 0.6) is 0 Å². The first-order valence-electron chi connectivity index (χ1n) is 8.90. The van der Waals surface area contributed by atoms with E-state index in [1.807, 2.05) is 20.8 Å². The van der Waals surface area contributed by atoms with Crippen molar-refractivity contribution in [3.8, 4) is 0 Å². The van der Waals surface area contributed by atoms with E-state index in [2.05, 4.69) is 9.97 Å². The molecule has 1 aliphatic carbocycles. The maximum absolute atomic E-state index is 12.6. The van der Waals surface area contributed by atoms with Crippen LogP contribution < -0.4 is 0 Å². The van der Waals surface area contributed by atoms with Crippen LogP contribution in [0.2, 0.25) is 0 Å². The third kappa shape index (κ3) is 4.65. The number of amides is 1. The summed E-state index contributed by atoms with van der Waals surface area (Å²) in [6, 6.07) is 0.0256. The summed E-state index contributed by atoms with van der Waals surface area (Å²) in [4.78, 5) is 21.6. The number of carbonyl (C=O) groups is 1.